The van der Waals surface area contributed by atoms with Gasteiger partial charge in [-0.05, 0) is 19.8 Å². The summed E-state index contributed by atoms with van der Waals surface area (Å²) in [6, 6.07) is -0.385. The van der Waals surface area contributed by atoms with E-state index in [1.165, 1.54) is 0 Å². The molecular formula is C12H17N3O3S. The maximum Gasteiger partial charge on any atom is 0.317 e. The number of likely N-dealkylation sites (tertiary alicyclic amines) is 1. The highest BCUT2D eigenvalue weighted by molar-refractivity contribution is 7.09. The quantitative estimate of drug-likeness (QED) is 0.879. The molecule has 1 aromatic heterocycles. The van der Waals surface area contributed by atoms with E-state index >= 15 is 0 Å². The third-order valence-corrected chi connectivity index (χ3v) is 3.96. The Hall–Kier alpha value is -1.63. The van der Waals surface area contributed by atoms with Gasteiger partial charge in [0, 0.05) is 18.0 Å². The maximum atomic E-state index is 12.0. The summed E-state index contributed by atoms with van der Waals surface area (Å²) in [5.41, 5.74) is 0.838. The molecular weight excluding hydrogens is 266 g/mol. The topological polar surface area (TPSA) is 82.5 Å². The van der Waals surface area contributed by atoms with Gasteiger partial charge in [-0.1, -0.05) is 0 Å². The zero-order valence-corrected chi connectivity index (χ0v) is 11.6. The van der Waals surface area contributed by atoms with Crippen molar-refractivity contribution >= 4 is 23.3 Å². The Morgan fingerprint density at radius 2 is 2.42 bits per heavy atom. The van der Waals surface area contributed by atoms with E-state index < -0.39 is 5.97 Å². The van der Waals surface area contributed by atoms with Gasteiger partial charge in [0.2, 0.25) is 0 Å². The normalized spacial score (nSPS) is 18.6. The molecule has 1 unspecified atom stereocenters. The van der Waals surface area contributed by atoms with Crippen molar-refractivity contribution in [1.29, 1.82) is 0 Å². The maximum absolute atomic E-state index is 12.0. The van der Waals surface area contributed by atoms with Gasteiger partial charge in [0.25, 0.3) is 0 Å². The van der Waals surface area contributed by atoms with E-state index in [9.17, 15) is 9.59 Å². The number of hydrogen-bond donors (Lipinski definition) is 2. The molecule has 1 aliphatic rings. The summed E-state index contributed by atoms with van der Waals surface area (Å²) in [7, 11) is 0. The molecule has 1 fully saturated rings. The molecule has 2 amide bonds. The number of amides is 2. The van der Waals surface area contributed by atoms with Gasteiger partial charge in [0.05, 0.1) is 23.7 Å². The van der Waals surface area contributed by atoms with Crippen molar-refractivity contribution in [3.63, 3.8) is 0 Å². The second kappa shape index (κ2) is 6.01. The number of carbonyl (C=O) groups excluding carboxylic acids is 1. The van der Waals surface area contributed by atoms with Gasteiger partial charge in [-0.15, -0.1) is 11.3 Å². The number of nitrogens with zero attached hydrogens (tertiary/aromatic N) is 2. The number of thiazole rings is 1. The molecule has 19 heavy (non-hydrogen) atoms. The molecule has 0 radical (unpaired) electrons. The number of carboxylic acids is 1. The zero-order valence-electron chi connectivity index (χ0n) is 10.8. The molecule has 2 rings (SSSR count). The summed E-state index contributed by atoms with van der Waals surface area (Å²) in [5, 5.41) is 14.5. The molecule has 0 aliphatic carbocycles. The molecule has 0 bridgehead atoms. The van der Waals surface area contributed by atoms with E-state index in [1.54, 1.807) is 16.2 Å². The van der Waals surface area contributed by atoms with Gasteiger partial charge >= 0.3 is 12.0 Å². The number of rotatable bonds is 4. The first-order valence-corrected chi connectivity index (χ1v) is 7.11. The predicted molar refractivity (Wildman–Crippen MR) is 71.1 cm³/mol. The Balaban J connectivity index is 1.86. The Morgan fingerprint density at radius 3 is 3.05 bits per heavy atom. The summed E-state index contributed by atoms with van der Waals surface area (Å²) in [6.07, 6.45) is 1.64. The summed E-state index contributed by atoms with van der Waals surface area (Å²) >= 11 is 1.54. The minimum absolute atomic E-state index is 0.0171. The first kappa shape index (κ1) is 13.8. The summed E-state index contributed by atoms with van der Waals surface area (Å²) in [4.78, 5) is 28.6. The number of urea groups is 1. The summed E-state index contributed by atoms with van der Waals surface area (Å²) < 4.78 is 0. The third kappa shape index (κ3) is 3.66. The van der Waals surface area contributed by atoms with Crippen molar-refractivity contribution in [3.8, 4) is 0 Å². The fourth-order valence-corrected chi connectivity index (χ4v) is 2.89. The first-order valence-electron chi connectivity index (χ1n) is 6.23. The van der Waals surface area contributed by atoms with Crippen LogP contribution in [0.4, 0.5) is 4.79 Å². The SMILES string of the molecule is Cc1nc(CNC(=O)N2CCCC2CC(=O)O)cs1. The molecule has 0 spiro atoms. The van der Waals surface area contributed by atoms with Crippen LogP contribution in [0.15, 0.2) is 5.38 Å². The van der Waals surface area contributed by atoms with Crippen molar-refractivity contribution in [2.75, 3.05) is 6.54 Å². The fraction of sp³-hybridized carbons (Fsp3) is 0.583. The minimum Gasteiger partial charge on any atom is -0.481 e. The van der Waals surface area contributed by atoms with E-state index in [1.807, 2.05) is 12.3 Å². The summed E-state index contributed by atoms with van der Waals surface area (Å²) in [5.74, 6) is -0.861. The number of carboxylic acid groups (broad SMARTS) is 1. The third-order valence-electron chi connectivity index (χ3n) is 3.14. The van der Waals surface area contributed by atoms with Gasteiger partial charge in [0.15, 0.2) is 0 Å². The van der Waals surface area contributed by atoms with Crippen molar-refractivity contribution in [3.05, 3.63) is 16.1 Å². The van der Waals surface area contributed by atoms with Crippen LogP contribution in [0.1, 0.15) is 30.0 Å². The van der Waals surface area contributed by atoms with Crippen LogP contribution in [-0.2, 0) is 11.3 Å². The Labute approximate surface area is 115 Å². The number of aryl methyl sites for hydroxylation is 1. The molecule has 0 saturated carbocycles. The second-order valence-corrected chi connectivity index (χ2v) is 5.67. The smallest absolute Gasteiger partial charge is 0.317 e. The first-order chi connectivity index (χ1) is 9.06. The van der Waals surface area contributed by atoms with Gasteiger partial charge in [-0.3, -0.25) is 4.79 Å². The number of aromatic nitrogens is 1. The largest absolute Gasteiger partial charge is 0.481 e. The highest BCUT2D eigenvalue weighted by atomic mass is 32.1. The van der Waals surface area contributed by atoms with Crippen molar-refractivity contribution in [2.24, 2.45) is 0 Å². The second-order valence-electron chi connectivity index (χ2n) is 4.60. The Bertz CT molecular complexity index is 475. The number of hydrogen-bond acceptors (Lipinski definition) is 4. The van der Waals surface area contributed by atoms with Gasteiger partial charge in [-0.2, -0.15) is 0 Å². The molecule has 6 nitrogen and oxygen atoms in total. The van der Waals surface area contributed by atoms with E-state index in [0.717, 1.165) is 23.5 Å². The number of carbonyl (C=O) groups is 2. The molecule has 7 heteroatoms. The standard InChI is InChI=1S/C12H17N3O3S/c1-8-14-9(7-19-8)6-13-12(18)15-4-2-3-10(15)5-11(16)17/h7,10H,2-6H2,1H3,(H,13,18)(H,16,17). The van der Waals surface area contributed by atoms with Crippen LogP contribution in [-0.4, -0.2) is 39.6 Å². The lowest BCUT2D eigenvalue weighted by Gasteiger charge is -2.23. The van der Waals surface area contributed by atoms with E-state index in [-0.39, 0.29) is 18.5 Å². The molecule has 1 atom stereocenters. The van der Waals surface area contributed by atoms with Crippen LogP contribution in [0, 0.1) is 6.92 Å². The van der Waals surface area contributed by atoms with E-state index in [0.29, 0.717) is 13.1 Å². The van der Waals surface area contributed by atoms with Crippen molar-refractivity contribution < 1.29 is 14.7 Å². The highest BCUT2D eigenvalue weighted by Gasteiger charge is 2.30. The molecule has 1 saturated heterocycles. The average molecular weight is 283 g/mol. The molecule has 1 aromatic rings. The van der Waals surface area contributed by atoms with Crippen LogP contribution in [0.3, 0.4) is 0 Å². The number of nitrogens with one attached hydrogen (secondary N) is 1. The molecule has 1 aliphatic heterocycles. The van der Waals surface area contributed by atoms with Gasteiger partial charge < -0.3 is 15.3 Å². The van der Waals surface area contributed by atoms with Gasteiger partial charge in [-0.25, -0.2) is 9.78 Å². The highest BCUT2D eigenvalue weighted by Crippen LogP contribution is 2.20. The van der Waals surface area contributed by atoms with Crippen LogP contribution >= 0.6 is 11.3 Å². The lowest BCUT2D eigenvalue weighted by Crippen LogP contribution is -2.43. The molecule has 104 valence electrons. The van der Waals surface area contributed by atoms with Crippen LogP contribution in [0.2, 0.25) is 0 Å². The average Bonchev–Trinajstić information content (AvgIpc) is 2.94. The van der Waals surface area contributed by atoms with Crippen molar-refractivity contribution in [1.82, 2.24) is 15.2 Å². The predicted octanol–water partition coefficient (Wildman–Crippen LogP) is 1.60. The molecule has 2 heterocycles. The Morgan fingerprint density at radius 1 is 1.63 bits per heavy atom. The molecule has 0 aromatic carbocycles. The van der Waals surface area contributed by atoms with E-state index in [4.69, 9.17) is 5.11 Å². The van der Waals surface area contributed by atoms with Crippen LogP contribution in [0.5, 0.6) is 0 Å². The minimum atomic E-state index is -0.861. The number of aliphatic carboxylic acids is 1. The lowest BCUT2D eigenvalue weighted by molar-refractivity contribution is -0.137. The monoisotopic (exact) mass is 283 g/mol. The van der Waals surface area contributed by atoms with Crippen LogP contribution in [0.25, 0.3) is 0 Å². The molecule has 2 N–H and O–H groups in total. The fourth-order valence-electron chi connectivity index (χ4n) is 2.27. The van der Waals surface area contributed by atoms with Crippen LogP contribution < -0.4 is 5.32 Å². The van der Waals surface area contributed by atoms with Crippen molar-refractivity contribution in [2.45, 2.75) is 38.8 Å². The van der Waals surface area contributed by atoms with E-state index in [2.05, 4.69) is 10.3 Å². The lowest BCUT2D eigenvalue weighted by atomic mass is 10.1. The van der Waals surface area contributed by atoms with Gasteiger partial charge in [0.1, 0.15) is 0 Å². The Kier molecular flexibility index (Phi) is 4.36. The summed E-state index contributed by atoms with van der Waals surface area (Å²) in [6.45, 7) is 2.93. The zero-order chi connectivity index (χ0) is 13.8.